The third-order valence-electron chi connectivity index (χ3n) is 4.30. The molecule has 0 aliphatic carbocycles. The minimum absolute atomic E-state index is 0.163. The molecule has 0 unspecified atom stereocenters. The average Bonchev–Trinajstić information content (AvgIpc) is 2.54. The normalized spacial score (nSPS) is 16.5. The molecule has 5 nitrogen and oxygen atoms in total. The van der Waals surface area contributed by atoms with Crippen LogP contribution in [0.1, 0.15) is 52.4 Å². The number of carbonyl (C=O) groups excluding carboxylic acids is 2. The highest BCUT2D eigenvalue weighted by Gasteiger charge is 2.48. The van der Waals surface area contributed by atoms with Crippen LogP contribution >= 0.6 is 11.6 Å². The number of hydrogen-bond acceptors (Lipinski definition) is 3. The number of rotatable bonds is 7. The van der Waals surface area contributed by atoms with E-state index in [0.29, 0.717) is 23.6 Å². The lowest BCUT2D eigenvalue weighted by Gasteiger charge is -2.35. The fourth-order valence-electron chi connectivity index (χ4n) is 2.86. The summed E-state index contributed by atoms with van der Waals surface area (Å²) in [6.45, 7) is 4.11. The van der Waals surface area contributed by atoms with Crippen LogP contribution < -0.4 is 10.6 Å². The van der Waals surface area contributed by atoms with Gasteiger partial charge in [-0.1, -0.05) is 57.2 Å². The van der Waals surface area contributed by atoms with E-state index in [1.807, 2.05) is 0 Å². The highest BCUT2D eigenvalue weighted by Crippen LogP contribution is 2.33. The SMILES string of the molecule is CCCCC1(CCCC)C(=O)NC(=Nc2cccc(Cl)c2)NC1=O. The molecular formula is C18H24ClN3O2. The van der Waals surface area contributed by atoms with E-state index in [2.05, 4.69) is 29.5 Å². The molecule has 1 aliphatic rings. The van der Waals surface area contributed by atoms with Crippen molar-refractivity contribution in [2.24, 2.45) is 10.4 Å². The van der Waals surface area contributed by atoms with Crippen LogP contribution in [0.4, 0.5) is 5.69 Å². The number of nitrogens with one attached hydrogen (secondary N) is 2. The molecule has 2 amide bonds. The van der Waals surface area contributed by atoms with Gasteiger partial charge in [0.05, 0.1) is 5.69 Å². The largest absolute Gasteiger partial charge is 0.295 e. The smallest absolute Gasteiger partial charge is 0.242 e. The Labute approximate surface area is 147 Å². The number of aliphatic imine (C=N–C) groups is 1. The van der Waals surface area contributed by atoms with Crippen LogP contribution in [0, 0.1) is 5.41 Å². The Morgan fingerprint density at radius 1 is 1.04 bits per heavy atom. The summed E-state index contributed by atoms with van der Waals surface area (Å²) < 4.78 is 0. The maximum atomic E-state index is 12.7. The lowest BCUT2D eigenvalue weighted by Crippen LogP contribution is -2.62. The van der Waals surface area contributed by atoms with Gasteiger partial charge in [0.1, 0.15) is 5.41 Å². The number of unbranched alkanes of at least 4 members (excludes halogenated alkanes) is 2. The summed E-state index contributed by atoms with van der Waals surface area (Å²) in [7, 11) is 0. The number of carbonyl (C=O) groups is 2. The zero-order valence-electron chi connectivity index (χ0n) is 14.2. The van der Waals surface area contributed by atoms with Gasteiger partial charge >= 0.3 is 0 Å². The van der Waals surface area contributed by atoms with E-state index in [4.69, 9.17) is 11.6 Å². The van der Waals surface area contributed by atoms with Crippen molar-refractivity contribution in [1.82, 2.24) is 10.6 Å². The van der Waals surface area contributed by atoms with Crippen LogP contribution in [0.2, 0.25) is 5.02 Å². The minimum Gasteiger partial charge on any atom is -0.295 e. The van der Waals surface area contributed by atoms with Crippen LogP contribution in [0.15, 0.2) is 29.3 Å². The molecule has 1 fully saturated rings. The Morgan fingerprint density at radius 2 is 1.62 bits per heavy atom. The van der Waals surface area contributed by atoms with E-state index in [9.17, 15) is 9.59 Å². The van der Waals surface area contributed by atoms with E-state index in [0.717, 1.165) is 25.7 Å². The number of halogens is 1. The van der Waals surface area contributed by atoms with Gasteiger partial charge in [0, 0.05) is 5.02 Å². The fraction of sp³-hybridized carbons (Fsp3) is 0.500. The molecule has 2 rings (SSSR count). The highest BCUT2D eigenvalue weighted by molar-refractivity contribution is 6.30. The number of hydrogen-bond donors (Lipinski definition) is 2. The zero-order valence-corrected chi connectivity index (χ0v) is 14.9. The summed E-state index contributed by atoms with van der Waals surface area (Å²) in [6, 6.07) is 6.93. The lowest BCUT2D eigenvalue weighted by molar-refractivity contribution is -0.145. The second kappa shape index (κ2) is 8.29. The Bertz CT molecular complexity index is 613. The van der Waals surface area contributed by atoms with Crippen molar-refractivity contribution in [1.29, 1.82) is 0 Å². The Hall–Kier alpha value is -1.88. The molecule has 0 radical (unpaired) electrons. The van der Waals surface area contributed by atoms with Crippen molar-refractivity contribution in [3.05, 3.63) is 29.3 Å². The van der Waals surface area contributed by atoms with Crippen LogP contribution in [-0.2, 0) is 9.59 Å². The first-order chi connectivity index (χ1) is 11.5. The third-order valence-corrected chi connectivity index (χ3v) is 4.53. The Kier molecular flexibility index (Phi) is 6.37. The number of nitrogens with zero attached hydrogens (tertiary/aromatic N) is 1. The molecule has 130 valence electrons. The number of guanidine groups is 1. The maximum absolute atomic E-state index is 12.7. The third kappa shape index (κ3) is 4.15. The molecule has 6 heteroatoms. The molecule has 0 atom stereocenters. The second-order valence-corrected chi connectivity index (χ2v) is 6.57. The van der Waals surface area contributed by atoms with Crippen molar-refractivity contribution < 1.29 is 9.59 Å². The molecule has 0 aromatic heterocycles. The number of amides is 2. The van der Waals surface area contributed by atoms with Crippen molar-refractivity contribution in [3.63, 3.8) is 0 Å². The summed E-state index contributed by atoms with van der Waals surface area (Å²) in [5, 5.41) is 6.07. The van der Waals surface area contributed by atoms with Crippen molar-refractivity contribution in [2.75, 3.05) is 0 Å². The quantitative estimate of drug-likeness (QED) is 0.732. The van der Waals surface area contributed by atoms with E-state index < -0.39 is 5.41 Å². The van der Waals surface area contributed by atoms with Gasteiger partial charge < -0.3 is 0 Å². The van der Waals surface area contributed by atoms with Crippen LogP contribution in [0.5, 0.6) is 0 Å². The van der Waals surface area contributed by atoms with Crippen molar-refractivity contribution >= 4 is 35.1 Å². The molecule has 0 bridgehead atoms. The molecule has 2 N–H and O–H groups in total. The van der Waals surface area contributed by atoms with Crippen molar-refractivity contribution in [3.8, 4) is 0 Å². The van der Waals surface area contributed by atoms with E-state index >= 15 is 0 Å². The zero-order chi connectivity index (χ0) is 17.6. The standard InChI is InChI=1S/C18H24ClN3O2/c1-3-5-10-18(11-6-4-2)15(23)21-17(22-16(18)24)20-14-9-7-8-13(19)12-14/h7-9,12H,3-6,10-11H2,1-2H3,(H2,20,21,22,23,24). The predicted molar refractivity (Wildman–Crippen MR) is 96.3 cm³/mol. The summed E-state index contributed by atoms with van der Waals surface area (Å²) in [5.74, 6) is -0.348. The van der Waals surface area contributed by atoms with Crippen LogP contribution in [0.3, 0.4) is 0 Å². The van der Waals surface area contributed by atoms with Crippen LogP contribution in [0.25, 0.3) is 0 Å². The van der Waals surface area contributed by atoms with Gasteiger partial charge in [0.15, 0.2) is 0 Å². The van der Waals surface area contributed by atoms with Gasteiger partial charge in [0.2, 0.25) is 17.8 Å². The Morgan fingerprint density at radius 3 is 2.12 bits per heavy atom. The van der Waals surface area contributed by atoms with E-state index in [1.165, 1.54) is 0 Å². The van der Waals surface area contributed by atoms with E-state index in [1.54, 1.807) is 24.3 Å². The highest BCUT2D eigenvalue weighted by atomic mass is 35.5. The molecule has 1 aromatic carbocycles. The van der Waals surface area contributed by atoms with Crippen LogP contribution in [-0.4, -0.2) is 17.8 Å². The number of benzene rings is 1. The van der Waals surface area contributed by atoms with Gasteiger partial charge in [-0.15, -0.1) is 0 Å². The molecule has 0 spiro atoms. The molecule has 1 aromatic rings. The molecule has 1 saturated heterocycles. The second-order valence-electron chi connectivity index (χ2n) is 6.14. The summed E-state index contributed by atoms with van der Waals surface area (Å²) >= 11 is 5.94. The van der Waals surface area contributed by atoms with Gasteiger partial charge in [-0.3, -0.25) is 20.2 Å². The van der Waals surface area contributed by atoms with Gasteiger partial charge in [0.25, 0.3) is 0 Å². The first kappa shape index (κ1) is 18.5. The van der Waals surface area contributed by atoms with Gasteiger partial charge in [-0.25, -0.2) is 4.99 Å². The van der Waals surface area contributed by atoms with E-state index in [-0.39, 0.29) is 17.8 Å². The molecule has 0 saturated carbocycles. The first-order valence-corrected chi connectivity index (χ1v) is 8.87. The summed E-state index contributed by atoms with van der Waals surface area (Å²) in [4.78, 5) is 29.7. The minimum atomic E-state index is -0.987. The average molecular weight is 350 g/mol. The summed E-state index contributed by atoms with van der Waals surface area (Å²) in [5.41, 5.74) is -0.410. The Balaban J connectivity index is 2.23. The maximum Gasteiger partial charge on any atom is 0.242 e. The molecule has 1 aliphatic heterocycles. The van der Waals surface area contributed by atoms with Crippen molar-refractivity contribution in [2.45, 2.75) is 52.4 Å². The first-order valence-electron chi connectivity index (χ1n) is 8.49. The predicted octanol–water partition coefficient (Wildman–Crippen LogP) is 3.94. The molecule has 24 heavy (non-hydrogen) atoms. The monoisotopic (exact) mass is 349 g/mol. The summed E-state index contributed by atoms with van der Waals surface area (Å²) in [6.07, 6.45) is 4.68. The van der Waals surface area contributed by atoms with Gasteiger partial charge in [-0.05, 0) is 31.0 Å². The topological polar surface area (TPSA) is 70.6 Å². The van der Waals surface area contributed by atoms with Gasteiger partial charge in [-0.2, -0.15) is 0 Å². The molecule has 1 heterocycles. The molecular weight excluding hydrogens is 326 g/mol. The fourth-order valence-corrected chi connectivity index (χ4v) is 3.04. The lowest BCUT2D eigenvalue weighted by atomic mass is 9.75.